The minimum atomic E-state index is -5.08. The van der Waals surface area contributed by atoms with Crippen LogP contribution in [0.1, 0.15) is 30.4 Å². The summed E-state index contributed by atoms with van der Waals surface area (Å²) in [5.74, 6) is -3.59. The molecule has 12 heteroatoms. The van der Waals surface area contributed by atoms with Gasteiger partial charge in [-0.3, -0.25) is 4.79 Å². The molecule has 1 fully saturated rings. The van der Waals surface area contributed by atoms with Crippen molar-refractivity contribution in [2.24, 2.45) is 5.92 Å². The minimum absolute atomic E-state index is 0.0325. The van der Waals surface area contributed by atoms with E-state index in [2.05, 4.69) is 0 Å². The standard InChI is InChI=1S/C15H15F3N2O2.C2HF3O2/c16-15(17,18)12-2-1-3-13(11(12)9-19)20-6-4-10(5-7-20)8-14(21)22;3-2(4,5)1(6)7/h1-3,10H,4-8H2,(H,21,22);(H,6,7). The van der Waals surface area contributed by atoms with Crippen LogP contribution in [0.25, 0.3) is 0 Å². The summed E-state index contributed by atoms with van der Waals surface area (Å²) in [5, 5.41) is 25.0. The monoisotopic (exact) mass is 426 g/mol. The predicted molar refractivity (Wildman–Crippen MR) is 87.0 cm³/mol. The highest BCUT2D eigenvalue weighted by Gasteiger charge is 2.38. The predicted octanol–water partition coefficient (Wildman–Crippen LogP) is 3.90. The van der Waals surface area contributed by atoms with Gasteiger partial charge in [0.25, 0.3) is 0 Å². The third-order valence-corrected chi connectivity index (χ3v) is 4.12. The molecule has 1 aromatic carbocycles. The maximum absolute atomic E-state index is 13.0. The molecule has 1 heterocycles. The zero-order valence-corrected chi connectivity index (χ0v) is 14.7. The average molecular weight is 426 g/mol. The molecular weight excluding hydrogens is 410 g/mol. The molecule has 0 unspecified atom stereocenters. The Morgan fingerprint density at radius 2 is 1.62 bits per heavy atom. The van der Waals surface area contributed by atoms with Crippen molar-refractivity contribution < 1.29 is 46.1 Å². The Hall–Kier alpha value is -2.97. The Balaban J connectivity index is 0.000000516. The summed E-state index contributed by atoms with van der Waals surface area (Å²) in [6.45, 7) is 0.905. The van der Waals surface area contributed by atoms with E-state index in [1.165, 1.54) is 12.1 Å². The maximum atomic E-state index is 13.0. The fraction of sp³-hybridized carbons (Fsp3) is 0.471. The highest BCUT2D eigenvalue weighted by molar-refractivity contribution is 5.73. The number of carbonyl (C=O) groups is 2. The molecule has 2 N–H and O–H groups in total. The van der Waals surface area contributed by atoms with E-state index in [-0.39, 0.29) is 23.6 Å². The van der Waals surface area contributed by atoms with Crippen molar-refractivity contribution in [3.05, 3.63) is 29.3 Å². The first kappa shape index (κ1) is 24.1. The number of nitrogens with zero attached hydrogens (tertiary/aromatic N) is 2. The smallest absolute Gasteiger partial charge is 0.481 e. The molecule has 2 rings (SSSR count). The van der Waals surface area contributed by atoms with Crippen LogP contribution >= 0.6 is 0 Å². The Labute approximate surface area is 161 Å². The van der Waals surface area contributed by atoms with Crippen molar-refractivity contribution in [2.75, 3.05) is 18.0 Å². The third kappa shape index (κ3) is 7.17. The summed E-state index contributed by atoms with van der Waals surface area (Å²) in [5.41, 5.74) is -1.03. The van der Waals surface area contributed by atoms with Crippen LogP contribution in [0.4, 0.5) is 32.0 Å². The Morgan fingerprint density at radius 3 is 2.00 bits per heavy atom. The second-order valence-corrected chi connectivity index (χ2v) is 6.14. The molecule has 0 amide bonds. The number of hydrogen-bond donors (Lipinski definition) is 2. The summed E-state index contributed by atoms with van der Waals surface area (Å²) in [4.78, 5) is 21.3. The average Bonchev–Trinajstić information content (AvgIpc) is 2.60. The van der Waals surface area contributed by atoms with Gasteiger partial charge in [0.1, 0.15) is 6.07 Å². The number of carboxylic acid groups (broad SMARTS) is 2. The van der Waals surface area contributed by atoms with Gasteiger partial charge in [-0.1, -0.05) is 6.07 Å². The van der Waals surface area contributed by atoms with E-state index in [9.17, 15) is 31.1 Å². The first-order valence-corrected chi connectivity index (χ1v) is 8.14. The van der Waals surface area contributed by atoms with E-state index in [1.54, 1.807) is 11.0 Å². The lowest BCUT2D eigenvalue weighted by molar-refractivity contribution is -0.192. The zero-order chi connectivity index (χ0) is 22.4. The van der Waals surface area contributed by atoms with E-state index >= 15 is 0 Å². The number of anilines is 1. The van der Waals surface area contributed by atoms with Gasteiger partial charge in [-0.25, -0.2) is 4.79 Å². The van der Waals surface area contributed by atoms with Crippen molar-refractivity contribution in [3.8, 4) is 6.07 Å². The third-order valence-electron chi connectivity index (χ3n) is 4.12. The number of rotatable bonds is 3. The highest BCUT2D eigenvalue weighted by atomic mass is 19.4. The van der Waals surface area contributed by atoms with Crippen molar-refractivity contribution >= 4 is 17.6 Å². The van der Waals surface area contributed by atoms with Crippen LogP contribution in [0.15, 0.2) is 18.2 Å². The molecule has 1 aliphatic rings. The van der Waals surface area contributed by atoms with Crippen LogP contribution in [0.3, 0.4) is 0 Å². The number of halogens is 6. The van der Waals surface area contributed by atoms with Gasteiger partial charge in [0.2, 0.25) is 0 Å². The normalized spacial score (nSPS) is 15.1. The van der Waals surface area contributed by atoms with Crippen LogP contribution in [-0.4, -0.2) is 41.4 Å². The van der Waals surface area contributed by atoms with Crippen molar-refractivity contribution in [1.29, 1.82) is 5.26 Å². The molecular formula is C17H16F6N2O4. The first-order valence-electron chi connectivity index (χ1n) is 8.14. The van der Waals surface area contributed by atoms with Gasteiger partial charge in [-0.05, 0) is 30.9 Å². The van der Waals surface area contributed by atoms with Crippen molar-refractivity contribution in [2.45, 2.75) is 31.6 Å². The second kappa shape index (κ2) is 9.49. The molecule has 0 bridgehead atoms. The van der Waals surface area contributed by atoms with Crippen LogP contribution < -0.4 is 4.90 Å². The van der Waals surface area contributed by atoms with Crippen LogP contribution in [0.5, 0.6) is 0 Å². The van der Waals surface area contributed by atoms with Gasteiger partial charge in [0.15, 0.2) is 0 Å². The first-order chi connectivity index (χ1) is 13.3. The highest BCUT2D eigenvalue weighted by Crippen LogP contribution is 2.37. The van der Waals surface area contributed by atoms with Gasteiger partial charge >= 0.3 is 24.3 Å². The molecule has 160 valence electrons. The molecule has 0 saturated carbocycles. The number of aliphatic carboxylic acids is 2. The number of nitriles is 1. The summed E-state index contributed by atoms with van der Waals surface area (Å²) < 4.78 is 70.6. The number of alkyl halides is 6. The fourth-order valence-electron chi connectivity index (χ4n) is 2.78. The lowest BCUT2D eigenvalue weighted by Gasteiger charge is -2.34. The second-order valence-electron chi connectivity index (χ2n) is 6.14. The summed E-state index contributed by atoms with van der Waals surface area (Å²) in [7, 11) is 0. The van der Waals surface area contributed by atoms with Crippen LogP contribution in [-0.2, 0) is 15.8 Å². The van der Waals surface area contributed by atoms with E-state index < -0.39 is 29.9 Å². The number of benzene rings is 1. The SMILES string of the molecule is N#Cc1c(N2CCC(CC(=O)O)CC2)cccc1C(F)(F)F.O=C(O)C(F)(F)F. The lowest BCUT2D eigenvalue weighted by Crippen LogP contribution is -2.35. The summed E-state index contributed by atoms with van der Waals surface area (Å²) >= 11 is 0. The summed E-state index contributed by atoms with van der Waals surface area (Å²) in [6.07, 6.45) is -8.40. The van der Waals surface area contributed by atoms with Crippen molar-refractivity contribution in [1.82, 2.24) is 0 Å². The molecule has 29 heavy (non-hydrogen) atoms. The zero-order valence-electron chi connectivity index (χ0n) is 14.7. The molecule has 0 aromatic heterocycles. The van der Waals surface area contributed by atoms with Crippen molar-refractivity contribution in [3.63, 3.8) is 0 Å². The van der Waals surface area contributed by atoms with Crippen LogP contribution in [0, 0.1) is 17.2 Å². The molecule has 6 nitrogen and oxygen atoms in total. The number of piperidine rings is 1. The maximum Gasteiger partial charge on any atom is 0.490 e. The van der Waals surface area contributed by atoms with Crippen LogP contribution in [0.2, 0.25) is 0 Å². The Kier molecular flexibility index (Phi) is 7.87. The quantitative estimate of drug-likeness (QED) is 0.711. The van der Waals surface area contributed by atoms with Gasteiger partial charge in [-0.2, -0.15) is 31.6 Å². The van der Waals surface area contributed by atoms with E-state index in [0.717, 1.165) is 6.07 Å². The number of hydrogen-bond acceptors (Lipinski definition) is 4. The van der Waals surface area contributed by atoms with E-state index in [0.29, 0.717) is 25.9 Å². The molecule has 0 atom stereocenters. The molecule has 1 saturated heterocycles. The molecule has 0 aliphatic carbocycles. The number of carboxylic acids is 2. The molecule has 1 aliphatic heterocycles. The largest absolute Gasteiger partial charge is 0.490 e. The summed E-state index contributed by atoms with van der Waals surface area (Å²) in [6, 6.07) is 5.36. The molecule has 0 radical (unpaired) electrons. The van der Waals surface area contributed by atoms with Gasteiger partial charge < -0.3 is 15.1 Å². The molecule has 0 spiro atoms. The van der Waals surface area contributed by atoms with Gasteiger partial charge in [0.05, 0.1) is 16.8 Å². The minimum Gasteiger partial charge on any atom is -0.481 e. The Bertz CT molecular complexity index is 778. The molecule has 1 aromatic rings. The topological polar surface area (TPSA) is 102 Å². The lowest BCUT2D eigenvalue weighted by atomic mass is 9.92. The van der Waals surface area contributed by atoms with Gasteiger partial charge in [-0.15, -0.1) is 0 Å². The van der Waals surface area contributed by atoms with Gasteiger partial charge in [0, 0.05) is 19.5 Å². The Morgan fingerprint density at radius 1 is 1.10 bits per heavy atom. The fourth-order valence-corrected chi connectivity index (χ4v) is 2.78. The van der Waals surface area contributed by atoms with E-state index in [4.69, 9.17) is 20.3 Å². The van der Waals surface area contributed by atoms with E-state index in [1.807, 2.05) is 0 Å².